The number of alkyl halides is 5. The minimum Gasteiger partial charge on any atom is -0.588 e. The van der Waals surface area contributed by atoms with Crippen LogP contribution in [0.15, 0.2) is 23.1 Å². The van der Waals surface area contributed by atoms with Gasteiger partial charge in [0.2, 0.25) is 4.90 Å². The smallest absolute Gasteiger partial charge is 0.419 e. The molecule has 1 amide bonds. The summed E-state index contributed by atoms with van der Waals surface area (Å²) in [4.78, 5) is 16.5. The summed E-state index contributed by atoms with van der Waals surface area (Å²) in [6.07, 6.45) is -5.30. The van der Waals surface area contributed by atoms with E-state index in [0.29, 0.717) is 0 Å². The number of nitrogens with zero attached hydrogens (tertiary/aromatic N) is 1. The fourth-order valence-corrected chi connectivity index (χ4v) is 4.87. The second-order valence-corrected chi connectivity index (χ2v) is 8.50. The van der Waals surface area contributed by atoms with Gasteiger partial charge in [-0.05, 0) is 26.0 Å². The summed E-state index contributed by atoms with van der Waals surface area (Å²) in [5.74, 6) is -3.78. The first-order valence-corrected chi connectivity index (χ1v) is 10.2. The van der Waals surface area contributed by atoms with Crippen molar-refractivity contribution in [2.45, 2.75) is 37.3 Å². The van der Waals surface area contributed by atoms with Gasteiger partial charge in [-0.3, -0.25) is 4.79 Å². The third-order valence-electron chi connectivity index (χ3n) is 4.67. The van der Waals surface area contributed by atoms with Crippen LogP contribution in [0, 0.1) is 13.8 Å². The molecule has 2 N–H and O–H groups in total. The molecule has 3 rings (SSSR count). The highest BCUT2D eigenvalue weighted by molar-refractivity contribution is 7.92. The number of likely N-dealkylation sites (tertiary alicyclic amines) is 1. The molecule has 0 saturated carbocycles. The number of amides is 1. The molecule has 1 atom stereocenters. The van der Waals surface area contributed by atoms with Gasteiger partial charge in [0.05, 0.1) is 22.9 Å². The Bertz CT molecular complexity index is 979. The average molecular weight is 470 g/mol. The van der Waals surface area contributed by atoms with E-state index in [2.05, 4.69) is 9.71 Å². The van der Waals surface area contributed by atoms with Crippen molar-refractivity contribution < 1.29 is 31.3 Å². The van der Waals surface area contributed by atoms with E-state index in [0.717, 1.165) is 17.0 Å². The van der Waals surface area contributed by atoms with Crippen molar-refractivity contribution in [3.63, 3.8) is 0 Å². The number of aryl methyl sites for hydroxylation is 2. The van der Waals surface area contributed by atoms with Crippen molar-refractivity contribution in [2.75, 3.05) is 17.8 Å². The predicted molar refractivity (Wildman–Crippen MR) is 102 cm³/mol. The molecular weight excluding hydrogens is 453 g/mol. The molecule has 164 valence electrons. The Balaban J connectivity index is 1.96. The highest BCUT2D eigenvalue weighted by Gasteiger charge is 2.43. The van der Waals surface area contributed by atoms with E-state index < -0.39 is 58.6 Å². The topological polar surface area (TPSA) is 71.2 Å². The van der Waals surface area contributed by atoms with Crippen LogP contribution in [0.25, 0.3) is 0 Å². The van der Waals surface area contributed by atoms with Crippen LogP contribution >= 0.6 is 11.6 Å². The van der Waals surface area contributed by atoms with Crippen LogP contribution in [0.4, 0.5) is 27.6 Å². The molecule has 0 spiro atoms. The maximum absolute atomic E-state index is 13.5. The van der Waals surface area contributed by atoms with Gasteiger partial charge in [-0.15, -0.1) is 0 Å². The minimum atomic E-state index is -4.81. The molecule has 1 saturated heterocycles. The summed E-state index contributed by atoms with van der Waals surface area (Å²) in [5, 5.41) is -0.581. The molecular formula is C18H17ClF5N3O2S. The number of aromatic amines is 1. The summed E-state index contributed by atoms with van der Waals surface area (Å²) in [7, 11) is 0. The Morgan fingerprint density at radius 3 is 2.53 bits per heavy atom. The maximum atomic E-state index is 13.5. The van der Waals surface area contributed by atoms with Crippen molar-refractivity contribution in [1.29, 1.82) is 0 Å². The zero-order valence-electron chi connectivity index (χ0n) is 15.8. The van der Waals surface area contributed by atoms with Crippen molar-refractivity contribution in [2.24, 2.45) is 0 Å². The fraction of sp³-hybridized carbons (Fsp3) is 0.389. The Kier molecular flexibility index (Phi) is 6.00. The van der Waals surface area contributed by atoms with Crippen molar-refractivity contribution in [1.82, 2.24) is 9.88 Å². The largest absolute Gasteiger partial charge is 0.588 e. The van der Waals surface area contributed by atoms with E-state index in [4.69, 9.17) is 11.6 Å². The van der Waals surface area contributed by atoms with E-state index in [9.17, 15) is 31.3 Å². The highest BCUT2D eigenvalue weighted by Crippen LogP contribution is 2.41. The number of halogens is 6. The molecule has 0 aliphatic carbocycles. The van der Waals surface area contributed by atoms with Crippen LogP contribution in [0.2, 0.25) is 5.02 Å². The number of rotatable bonds is 4. The predicted octanol–water partition coefficient (Wildman–Crippen LogP) is 4.92. The van der Waals surface area contributed by atoms with E-state index in [1.807, 2.05) is 0 Å². The van der Waals surface area contributed by atoms with Crippen LogP contribution in [0.1, 0.15) is 33.7 Å². The van der Waals surface area contributed by atoms with Crippen LogP contribution in [-0.4, -0.2) is 39.4 Å². The first-order valence-electron chi connectivity index (χ1n) is 8.72. The summed E-state index contributed by atoms with van der Waals surface area (Å²) in [6.45, 7) is 2.03. The normalized spacial score (nSPS) is 17.3. The first kappa shape index (κ1) is 22.7. The lowest BCUT2D eigenvalue weighted by molar-refractivity contribution is -0.136. The quantitative estimate of drug-likeness (QED) is 0.493. The third-order valence-corrected chi connectivity index (χ3v) is 6.27. The molecule has 1 aliphatic rings. The standard InChI is InChI=1S/C18H17ClF5N3O2S/c1-9-13(16(28)27-7-6-17(20,21)8-27)15(10(2)25-9)30(29)26-12-5-3-4-11(19)14(12)18(22,23)24/h3-5,25-26H,6-8H2,1-2H3. The average Bonchev–Trinajstić information content (AvgIpc) is 3.11. The molecule has 1 aliphatic heterocycles. The summed E-state index contributed by atoms with van der Waals surface area (Å²) in [5.41, 5.74) is -1.29. The van der Waals surface area contributed by atoms with Gasteiger partial charge >= 0.3 is 6.18 Å². The lowest BCUT2D eigenvalue weighted by Crippen LogP contribution is -2.33. The molecule has 5 nitrogen and oxygen atoms in total. The Morgan fingerprint density at radius 2 is 1.97 bits per heavy atom. The zero-order valence-corrected chi connectivity index (χ0v) is 17.4. The minimum absolute atomic E-state index is 0.0965. The number of H-pyrrole nitrogens is 1. The van der Waals surface area contributed by atoms with Crippen molar-refractivity contribution >= 4 is 34.6 Å². The SMILES string of the molecule is Cc1[nH]c(C)c([S+]([O-])Nc2cccc(Cl)c2C(F)(F)F)c1C(=O)N1CCC(F)(F)C1. The van der Waals surface area contributed by atoms with Gasteiger partial charge in [-0.1, -0.05) is 17.7 Å². The van der Waals surface area contributed by atoms with Gasteiger partial charge in [0, 0.05) is 18.7 Å². The number of benzene rings is 1. The van der Waals surface area contributed by atoms with Gasteiger partial charge in [0.25, 0.3) is 11.8 Å². The second-order valence-electron chi connectivity index (χ2n) is 6.94. The maximum Gasteiger partial charge on any atom is 0.419 e. The monoisotopic (exact) mass is 469 g/mol. The first-order chi connectivity index (χ1) is 13.8. The van der Waals surface area contributed by atoms with Crippen LogP contribution in [0.5, 0.6) is 0 Å². The molecule has 1 fully saturated rings. The molecule has 2 aromatic rings. The third kappa shape index (κ3) is 4.37. The Morgan fingerprint density at radius 1 is 1.30 bits per heavy atom. The summed E-state index contributed by atoms with van der Waals surface area (Å²) < 4.78 is 82.4. The number of aromatic nitrogens is 1. The molecule has 0 bridgehead atoms. The van der Waals surface area contributed by atoms with E-state index in [1.165, 1.54) is 19.9 Å². The van der Waals surface area contributed by atoms with Crippen molar-refractivity contribution in [3.8, 4) is 0 Å². The molecule has 1 aromatic heterocycles. The van der Waals surface area contributed by atoms with Gasteiger partial charge in [0.1, 0.15) is 22.5 Å². The molecule has 0 radical (unpaired) electrons. The lowest BCUT2D eigenvalue weighted by atomic mass is 10.2. The van der Waals surface area contributed by atoms with Crippen LogP contribution in [-0.2, 0) is 17.5 Å². The van der Waals surface area contributed by atoms with E-state index in [1.54, 1.807) is 0 Å². The Labute approximate surface area is 176 Å². The number of anilines is 1. The van der Waals surface area contributed by atoms with Gasteiger partial charge in [-0.25, -0.2) is 13.5 Å². The summed E-state index contributed by atoms with van der Waals surface area (Å²) >= 11 is 3.37. The number of carbonyl (C=O) groups excluding carboxylic acids is 1. The van der Waals surface area contributed by atoms with E-state index >= 15 is 0 Å². The van der Waals surface area contributed by atoms with Crippen LogP contribution in [0.3, 0.4) is 0 Å². The van der Waals surface area contributed by atoms with Crippen LogP contribution < -0.4 is 4.72 Å². The van der Waals surface area contributed by atoms with Gasteiger partial charge in [0.15, 0.2) is 0 Å². The molecule has 1 unspecified atom stereocenters. The highest BCUT2D eigenvalue weighted by atomic mass is 35.5. The Hall–Kier alpha value is -1.98. The fourth-order valence-electron chi connectivity index (χ4n) is 3.36. The van der Waals surface area contributed by atoms with E-state index in [-0.39, 0.29) is 28.4 Å². The lowest BCUT2D eigenvalue weighted by Gasteiger charge is -2.19. The van der Waals surface area contributed by atoms with Gasteiger partial charge < -0.3 is 14.4 Å². The number of hydrogen-bond acceptors (Lipinski definition) is 3. The number of hydrogen-bond donors (Lipinski definition) is 2. The number of nitrogens with one attached hydrogen (secondary N) is 2. The summed E-state index contributed by atoms with van der Waals surface area (Å²) in [6, 6.07) is 3.36. The second kappa shape index (κ2) is 7.93. The molecule has 2 heterocycles. The zero-order chi connectivity index (χ0) is 22.4. The number of carbonyl (C=O) groups is 1. The molecule has 12 heteroatoms. The van der Waals surface area contributed by atoms with Gasteiger partial charge in [-0.2, -0.15) is 13.2 Å². The molecule has 1 aromatic carbocycles. The van der Waals surface area contributed by atoms with Crippen molar-refractivity contribution in [3.05, 3.63) is 45.7 Å². The molecule has 30 heavy (non-hydrogen) atoms.